The number of carbonyl (C=O) groups is 1. The van der Waals surface area contributed by atoms with E-state index in [4.69, 9.17) is 4.74 Å². The fourth-order valence-corrected chi connectivity index (χ4v) is 3.50. The molecule has 1 aromatic rings. The van der Waals surface area contributed by atoms with E-state index in [9.17, 15) is 4.79 Å². The average molecular weight is 332 g/mol. The van der Waals surface area contributed by atoms with Gasteiger partial charge in [-0.3, -0.25) is 4.79 Å². The maximum atomic E-state index is 12.1. The second-order valence-electron chi connectivity index (χ2n) is 4.34. The van der Waals surface area contributed by atoms with E-state index in [1.54, 1.807) is 11.3 Å². The number of rotatable bonds is 6. The van der Waals surface area contributed by atoms with Gasteiger partial charge in [-0.05, 0) is 36.3 Å². The number of fused-ring (bicyclic) bond motifs is 1. The van der Waals surface area contributed by atoms with Gasteiger partial charge < -0.3 is 10.1 Å². The Kier molecular flexibility index (Phi) is 5.66. The highest BCUT2D eigenvalue weighted by Gasteiger charge is 2.26. The number of aryl methyl sites for hydroxylation is 1. The van der Waals surface area contributed by atoms with E-state index in [0.29, 0.717) is 19.8 Å². The number of amides is 1. The topological polar surface area (TPSA) is 38.3 Å². The van der Waals surface area contributed by atoms with Crippen LogP contribution in [0.1, 0.15) is 29.2 Å². The summed E-state index contributed by atoms with van der Waals surface area (Å²) in [5.74, 6) is 0.202. The van der Waals surface area contributed by atoms with Crippen LogP contribution in [0.3, 0.4) is 0 Å². The molecule has 1 N–H and O–H groups in total. The molecule has 0 saturated heterocycles. The van der Waals surface area contributed by atoms with E-state index in [-0.39, 0.29) is 11.8 Å². The number of alkyl halides is 1. The van der Waals surface area contributed by atoms with Crippen LogP contribution in [0.2, 0.25) is 0 Å². The van der Waals surface area contributed by atoms with Crippen molar-refractivity contribution >= 4 is 33.2 Å². The first-order valence-electron chi connectivity index (χ1n) is 6.30. The van der Waals surface area contributed by atoms with Crippen molar-refractivity contribution < 1.29 is 9.53 Å². The largest absolute Gasteiger partial charge is 0.379 e. The van der Waals surface area contributed by atoms with Gasteiger partial charge in [0.2, 0.25) is 5.91 Å². The fraction of sp³-hybridized carbons (Fsp3) is 0.615. The minimum Gasteiger partial charge on any atom is -0.379 e. The number of hydrogen-bond acceptors (Lipinski definition) is 3. The molecule has 0 radical (unpaired) electrons. The Labute approximate surface area is 120 Å². The molecule has 0 aliphatic heterocycles. The summed E-state index contributed by atoms with van der Waals surface area (Å²) in [6, 6.07) is 2.10. The van der Waals surface area contributed by atoms with Gasteiger partial charge in [-0.1, -0.05) is 15.9 Å². The SMILES string of the molecule is O=C(NCCOCCBr)C1CCCc2sccc21. The maximum absolute atomic E-state index is 12.1. The monoisotopic (exact) mass is 331 g/mol. The number of nitrogens with one attached hydrogen (secondary N) is 1. The molecular formula is C13H18BrNO2S. The average Bonchev–Trinajstić information content (AvgIpc) is 2.86. The molecule has 1 heterocycles. The standard InChI is InChI=1S/C13H18BrNO2S/c14-5-7-17-8-6-15-13(16)11-2-1-3-12-10(11)4-9-18-12/h4,9,11H,1-3,5-8H2,(H,15,16). The minimum atomic E-state index is 0.0520. The van der Waals surface area contributed by atoms with Gasteiger partial charge in [0.1, 0.15) is 0 Å². The van der Waals surface area contributed by atoms with Crippen LogP contribution in [-0.2, 0) is 16.0 Å². The highest BCUT2D eigenvalue weighted by atomic mass is 79.9. The summed E-state index contributed by atoms with van der Waals surface area (Å²) < 4.78 is 5.32. The summed E-state index contributed by atoms with van der Waals surface area (Å²) in [5, 5.41) is 5.90. The first-order valence-corrected chi connectivity index (χ1v) is 8.30. The summed E-state index contributed by atoms with van der Waals surface area (Å²) >= 11 is 5.07. The van der Waals surface area contributed by atoms with Gasteiger partial charge in [-0.2, -0.15) is 0 Å². The molecule has 1 aromatic heterocycles. The zero-order valence-electron chi connectivity index (χ0n) is 10.3. The summed E-state index contributed by atoms with van der Waals surface area (Å²) in [6.45, 7) is 1.87. The van der Waals surface area contributed by atoms with Gasteiger partial charge in [0.05, 0.1) is 19.1 Å². The third-order valence-corrected chi connectivity index (χ3v) is 4.46. The lowest BCUT2D eigenvalue weighted by molar-refractivity contribution is -0.123. The van der Waals surface area contributed by atoms with Crippen LogP contribution >= 0.6 is 27.3 Å². The lowest BCUT2D eigenvalue weighted by atomic mass is 9.87. The normalized spacial score (nSPS) is 18.4. The Morgan fingerprint density at radius 1 is 1.56 bits per heavy atom. The van der Waals surface area contributed by atoms with Crippen LogP contribution in [-0.4, -0.2) is 31.0 Å². The molecular weight excluding hydrogens is 314 g/mol. The Morgan fingerprint density at radius 2 is 2.44 bits per heavy atom. The Balaban J connectivity index is 1.80. The van der Waals surface area contributed by atoms with Crippen molar-refractivity contribution in [2.45, 2.75) is 25.2 Å². The van der Waals surface area contributed by atoms with Crippen LogP contribution in [0.25, 0.3) is 0 Å². The molecule has 18 heavy (non-hydrogen) atoms. The molecule has 5 heteroatoms. The Bertz CT molecular complexity index is 394. The van der Waals surface area contributed by atoms with Gasteiger partial charge in [0, 0.05) is 16.8 Å². The maximum Gasteiger partial charge on any atom is 0.227 e. The van der Waals surface area contributed by atoms with Crippen molar-refractivity contribution in [1.82, 2.24) is 5.32 Å². The summed E-state index contributed by atoms with van der Waals surface area (Å²) in [7, 11) is 0. The number of hydrogen-bond donors (Lipinski definition) is 1. The zero-order valence-corrected chi connectivity index (χ0v) is 12.7. The fourth-order valence-electron chi connectivity index (χ4n) is 2.28. The lowest BCUT2D eigenvalue weighted by Crippen LogP contribution is -2.33. The quantitative estimate of drug-likeness (QED) is 0.643. The molecule has 1 atom stereocenters. The summed E-state index contributed by atoms with van der Waals surface area (Å²) in [6.07, 6.45) is 3.22. The van der Waals surface area contributed by atoms with Crippen molar-refractivity contribution in [2.24, 2.45) is 0 Å². The minimum absolute atomic E-state index is 0.0520. The number of thiophene rings is 1. The first-order chi connectivity index (χ1) is 8.83. The van der Waals surface area contributed by atoms with Gasteiger partial charge in [-0.15, -0.1) is 11.3 Å². The lowest BCUT2D eigenvalue weighted by Gasteiger charge is -2.21. The predicted molar refractivity (Wildman–Crippen MR) is 77.6 cm³/mol. The Hall–Kier alpha value is -0.390. The molecule has 1 amide bonds. The third-order valence-electron chi connectivity index (χ3n) is 3.14. The van der Waals surface area contributed by atoms with Gasteiger partial charge in [-0.25, -0.2) is 0 Å². The van der Waals surface area contributed by atoms with Gasteiger partial charge in [0.15, 0.2) is 0 Å². The predicted octanol–water partition coefficient (Wildman–Crippen LogP) is 2.70. The van der Waals surface area contributed by atoms with Crippen LogP contribution < -0.4 is 5.32 Å². The Morgan fingerprint density at radius 3 is 3.28 bits per heavy atom. The molecule has 1 unspecified atom stereocenters. The van der Waals surface area contributed by atoms with Crippen LogP contribution in [0, 0.1) is 0 Å². The van der Waals surface area contributed by atoms with E-state index in [0.717, 1.165) is 24.6 Å². The third kappa shape index (κ3) is 3.56. The molecule has 2 rings (SSSR count). The highest BCUT2D eigenvalue weighted by molar-refractivity contribution is 9.09. The van der Waals surface area contributed by atoms with E-state index in [1.165, 1.54) is 10.4 Å². The van der Waals surface area contributed by atoms with Crippen LogP contribution in [0.5, 0.6) is 0 Å². The van der Waals surface area contributed by atoms with E-state index < -0.39 is 0 Å². The van der Waals surface area contributed by atoms with Gasteiger partial charge in [0.25, 0.3) is 0 Å². The molecule has 1 aliphatic carbocycles. The van der Waals surface area contributed by atoms with Crippen LogP contribution in [0.4, 0.5) is 0 Å². The van der Waals surface area contributed by atoms with Crippen molar-refractivity contribution in [2.75, 3.05) is 25.1 Å². The second-order valence-corrected chi connectivity index (χ2v) is 6.13. The van der Waals surface area contributed by atoms with E-state index in [2.05, 4.69) is 32.7 Å². The van der Waals surface area contributed by atoms with Crippen molar-refractivity contribution in [3.63, 3.8) is 0 Å². The zero-order chi connectivity index (χ0) is 12.8. The summed E-state index contributed by atoms with van der Waals surface area (Å²) in [5.41, 5.74) is 1.24. The molecule has 0 saturated carbocycles. The number of halogens is 1. The first kappa shape index (κ1) is 14.0. The molecule has 1 aliphatic rings. The van der Waals surface area contributed by atoms with Crippen LogP contribution in [0.15, 0.2) is 11.4 Å². The number of carbonyl (C=O) groups excluding carboxylic acids is 1. The van der Waals surface area contributed by atoms with Crippen molar-refractivity contribution in [1.29, 1.82) is 0 Å². The van der Waals surface area contributed by atoms with E-state index in [1.807, 2.05) is 0 Å². The molecule has 3 nitrogen and oxygen atoms in total. The smallest absolute Gasteiger partial charge is 0.227 e. The molecule has 0 bridgehead atoms. The summed E-state index contributed by atoms with van der Waals surface area (Å²) in [4.78, 5) is 13.5. The number of ether oxygens (including phenoxy) is 1. The molecule has 0 spiro atoms. The molecule has 100 valence electrons. The van der Waals surface area contributed by atoms with E-state index >= 15 is 0 Å². The molecule has 0 aromatic carbocycles. The van der Waals surface area contributed by atoms with Crippen molar-refractivity contribution in [3.8, 4) is 0 Å². The van der Waals surface area contributed by atoms with Gasteiger partial charge >= 0.3 is 0 Å². The van der Waals surface area contributed by atoms with Crippen molar-refractivity contribution in [3.05, 3.63) is 21.9 Å². The highest BCUT2D eigenvalue weighted by Crippen LogP contribution is 2.34. The molecule has 0 fully saturated rings. The second kappa shape index (κ2) is 7.26.